The van der Waals surface area contributed by atoms with Gasteiger partial charge in [-0.05, 0) is 37.7 Å². The molecule has 20 heavy (non-hydrogen) atoms. The summed E-state index contributed by atoms with van der Waals surface area (Å²) >= 11 is 1.44. The van der Waals surface area contributed by atoms with Crippen LogP contribution in [0.15, 0.2) is 16.3 Å². The van der Waals surface area contributed by atoms with Gasteiger partial charge in [0.1, 0.15) is 0 Å². The zero-order valence-corrected chi connectivity index (χ0v) is 13.3. The maximum absolute atomic E-state index is 12.8. The van der Waals surface area contributed by atoms with Gasteiger partial charge >= 0.3 is 0 Å². The SMILES string of the molecule is NCc1cc(S(=O)(=O)N2CCCC2C2CCCC2)cs1. The minimum atomic E-state index is -3.33. The maximum atomic E-state index is 12.8. The van der Waals surface area contributed by atoms with Crippen LogP contribution in [0.3, 0.4) is 0 Å². The molecule has 2 heterocycles. The minimum Gasteiger partial charge on any atom is -0.326 e. The molecule has 0 spiro atoms. The smallest absolute Gasteiger partial charge is 0.244 e. The van der Waals surface area contributed by atoms with Crippen molar-refractivity contribution in [3.05, 3.63) is 16.3 Å². The summed E-state index contributed by atoms with van der Waals surface area (Å²) in [5.74, 6) is 0.569. The van der Waals surface area contributed by atoms with Crippen LogP contribution in [0.4, 0.5) is 0 Å². The van der Waals surface area contributed by atoms with Gasteiger partial charge in [-0.1, -0.05) is 12.8 Å². The monoisotopic (exact) mass is 314 g/mol. The second-order valence-electron chi connectivity index (χ2n) is 5.82. The highest BCUT2D eigenvalue weighted by Crippen LogP contribution is 2.38. The van der Waals surface area contributed by atoms with Crippen LogP contribution in [-0.4, -0.2) is 25.3 Å². The van der Waals surface area contributed by atoms with E-state index in [2.05, 4.69) is 0 Å². The summed E-state index contributed by atoms with van der Waals surface area (Å²) < 4.78 is 27.4. The van der Waals surface area contributed by atoms with Gasteiger partial charge < -0.3 is 5.73 Å². The summed E-state index contributed by atoms with van der Waals surface area (Å²) in [6.45, 7) is 1.09. The molecule has 0 aromatic carbocycles. The molecule has 0 radical (unpaired) electrons. The molecule has 0 amide bonds. The third kappa shape index (κ3) is 2.54. The first-order chi connectivity index (χ1) is 9.63. The third-order valence-corrected chi connectivity index (χ3v) is 7.64. The van der Waals surface area contributed by atoms with Crippen LogP contribution in [0.25, 0.3) is 0 Å². The first-order valence-electron chi connectivity index (χ1n) is 7.42. The number of nitrogens with zero attached hydrogens (tertiary/aromatic N) is 1. The predicted molar refractivity (Wildman–Crippen MR) is 81.1 cm³/mol. The number of thiophene rings is 1. The Hall–Kier alpha value is -0.430. The first kappa shape index (κ1) is 14.5. The molecular weight excluding hydrogens is 292 g/mol. The molecular formula is C14H22N2O2S2. The topological polar surface area (TPSA) is 63.4 Å². The van der Waals surface area contributed by atoms with E-state index in [1.807, 2.05) is 0 Å². The number of hydrogen-bond donors (Lipinski definition) is 1. The van der Waals surface area contributed by atoms with Gasteiger partial charge in [-0.2, -0.15) is 4.31 Å². The minimum absolute atomic E-state index is 0.226. The molecule has 4 nitrogen and oxygen atoms in total. The Bertz CT molecular complexity index is 561. The highest BCUT2D eigenvalue weighted by molar-refractivity contribution is 7.89. The number of sulfonamides is 1. The summed E-state index contributed by atoms with van der Waals surface area (Å²) in [4.78, 5) is 1.37. The molecule has 2 fully saturated rings. The molecule has 6 heteroatoms. The summed E-state index contributed by atoms with van der Waals surface area (Å²) in [7, 11) is -3.33. The molecule has 1 saturated heterocycles. The quantitative estimate of drug-likeness (QED) is 0.929. The van der Waals surface area contributed by atoms with E-state index in [1.54, 1.807) is 15.8 Å². The van der Waals surface area contributed by atoms with Gasteiger partial charge in [-0.25, -0.2) is 8.42 Å². The van der Waals surface area contributed by atoms with Crippen LogP contribution in [0.1, 0.15) is 43.4 Å². The van der Waals surface area contributed by atoms with Gasteiger partial charge in [-0.15, -0.1) is 11.3 Å². The van der Waals surface area contributed by atoms with Crippen molar-refractivity contribution in [3.8, 4) is 0 Å². The fourth-order valence-electron chi connectivity index (χ4n) is 3.62. The fourth-order valence-corrected chi connectivity index (χ4v) is 6.51. The van der Waals surface area contributed by atoms with E-state index in [-0.39, 0.29) is 6.04 Å². The van der Waals surface area contributed by atoms with E-state index in [4.69, 9.17) is 5.73 Å². The Morgan fingerprint density at radius 3 is 2.65 bits per heavy atom. The van der Waals surface area contributed by atoms with Crippen molar-refractivity contribution in [2.75, 3.05) is 6.54 Å². The maximum Gasteiger partial charge on any atom is 0.244 e. The Kier molecular flexibility index (Phi) is 4.17. The molecule has 2 N–H and O–H groups in total. The average Bonchev–Trinajstić information content (AvgIpc) is 3.17. The van der Waals surface area contributed by atoms with Crippen molar-refractivity contribution < 1.29 is 8.42 Å². The highest BCUT2D eigenvalue weighted by atomic mass is 32.2. The second-order valence-corrected chi connectivity index (χ2v) is 8.71. The highest BCUT2D eigenvalue weighted by Gasteiger charge is 2.40. The van der Waals surface area contributed by atoms with Crippen LogP contribution in [0.2, 0.25) is 0 Å². The van der Waals surface area contributed by atoms with Gasteiger partial charge in [-0.3, -0.25) is 0 Å². The van der Waals surface area contributed by atoms with E-state index in [0.717, 1.165) is 17.7 Å². The van der Waals surface area contributed by atoms with Gasteiger partial charge in [0.05, 0.1) is 4.90 Å². The summed E-state index contributed by atoms with van der Waals surface area (Å²) in [6, 6.07) is 1.97. The number of hydrogen-bond acceptors (Lipinski definition) is 4. The average molecular weight is 314 g/mol. The molecule has 0 bridgehead atoms. The molecule has 1 saturated carbocycles. The summed E-state index contributed by atoms with van der Waals surface area (Å²) in [5.41, 5.74) is 5.59. The zero-order chi connectivity index (χ0) is 14.2. The van der Waals surface area contributed by atoms with Crippen molar-refractivity contribution in [1.82, 2.24) is 4.31 Å². The van der Waals surface area contributed by atoms with E-state index in [9.17, 15) is 8.42 Å². The lowest BCUT2D eigenvalue weighted by molar-refractivity contribution is 0.288. The van der Waals surface area contributed by atoms with Crippen molar-refractivity contribution in [1.29, 1.82) is 0 Å². The number of nitrogens with two attached hydrogens (primary N) is 1. The zero-order valence-electron chi connectivity index (χ0n) is 11.6. The van der Waals surface area contributed by atoms with Gasteiger partial charge in [0, 0.05) is 29.4 Å². The van der Waals surface area contributed by atoms with E-state index in [0.29, 0.717) is 23.9 Å². The van der Waals surface area contributed by atoms with Crippen molar-refractivity contribution in [3.63, 3.8) is 0 Å². The molecule has 1 unspecified atom stereocenters. The molecule has 1 aromatic heterocycles. The molecule has 2 aliphatic rings. The second kappa shape index (κ2) is 5.75. The van der Waals surface area contributed by atoms with E-state index in [1.165, 1.54) is 37.0 Å². The summed E-state index contributed by atoms with van der Waals surface area (Å²) in [5, 5.41) is 1.74. The predicted octanol–water partition coefficient (Wildman–Crippen LogP) is 2.55. The van der Waals surface area contributed by atoms with Gasteiger partial charge in [0.25, 0.3) is 0 Å². The first-order valence-corrected chi connectivity index (χ1v) is 9.74. The van der Waals surface area contributed by atoms with Crippen LogP contribution >= 0.6 is 11.3 Å². The fraction of sp³-hybridized carbons (Fsp3) is 0.714. The lowest BCUT2D eigenvalue weighted by atomic mass is 9.97. The Morgan fingerprint density at radius 2 is 2.00 bits per heavy atom. The van der Waals surface area contributed by atoms with Crippen LogP contribution in [0.5, 0.6) is 0 Å². The molecule has 3 rings (SSSR count). The van der Waals surface area contributed by atoms with Crippen LogP contribution in [-0.2, 0) is 16.6 Å². The Labute approximate surface area is 125 Å². The van der Waals surface area contributed by atoms with Crippen LogP contribution < -0.4 is 5.73 Å². The van der Waals surface area contributed by atoms with Crippen molar-refractivity contribution in [2.24, 2.45) is 11.7 Å². The summed E-state index contributed by atoms with van der Waals surface area (Å²) in [6.07, 6.45) is 6.91. The third-order valence-electron chi connectivity index (χ3n) is 4.63. The van der Waals surface area contributed by atoms with E-state index < -0.39 is 10.0 Å². The number of rotatable bonds is 4. The molecule has 1 aliphatic heterocycles. The Morgan fingerprint density at radius 1 is 1.25 bits per heavy atom. The standard InChI is InChI=1S/C14H22N2O2S2/c15-9-12-8-13(10-19-12)20(17,18)16-7-3-6-14(16)11-4-1-2-5-11/h8,10-11,14H,1-7,9,15H2. The molecule has 1 atom stereocenters. The van der Waals surface area contributed by atoms with Crippen molar-refractivity contribution >= 4 is 21.4 Å². The van der Waals surface area contributed by atoms with Gasteiger partial charge in [0.15, 0.2) is 0 Å². The van der Waals surface area contributed by atoms with Gasteiger partial charge in [0.2, 0.25) is 10.0 Å². The largest absolute Gasteiger partial charge is 0.326 e. The lowest BCUT2D eigenvalue weighted by Crippen LogP contribution is -2.39. The van der Waals surface area contributed by atoms with Crippen molar-refractivity contribution in [2.45, 2.75) is 56.0 Å². The van der Waals surface area contributed by atoms with E-state index >= 15 is 0 Å². The van der Waals surface area contributed by atoms with Crippen LogP contribution in [0, 0.1) is 5.92 Å². The Balaban J connectivity index is 1.85. The molecule has 1 aliphatic carbocycles. The molecule has 112 valence electrons. The normalized spacial score (nSPS) is 25.6. The molecule has 1 aromatic rings. The lowest BCUT2D eigenvalue weighted by Gasteiger charge is -2.28.